The lowest BCUT2D eigenvalue weighted by molar-refractivity contribution is -0.145. The average molecular weight is 626 g/mol. The largest absolute Gasteiger partial charge is 0.461 e. The molecule has 0 aromatic heterocycles. The van der Waals surface area contributed by atoms with Crippen LogP contribution < -0.4 is 0 Å². The van der Waals surface area contributed by atoms with Crippen molar-refractivity contribution >= 4 is 5.97 Å². The maximum absolute atomic E-state index is 13.8. The first-order valence-corrected chi connectivity index (χ1v) is 14.3. The summed E-state index contributed by atoms with van der Waals surface area (Å²) in [5.74, 6) is -1.13. The van der Waals surface area contributed by atoms with E-state index >= 15 is 0 Å². The van der Waals surface area contributed by atoms with Gasteiger partial charge >= 0.3 is 18.3 Å². The van der Waals surface area contributed by atoms with E-state index in [1.54, 1.807) is 12.1 Å². The monoisotopic (exact) mass is 625 g/mol. The van der Waals surface area contributed by atoms with Gasteiger partial charge in [-0.2, -0.15) is 26.3 Å². The number of carbonyl (C=O) groups is 1. The zero-order valence-electron chi connectivity index (χ0n) is 24.3. The molecule has 3 unspecified atom stereocenters. The quantitative estimate of drug-likeness (QED) is 0.158. The predicted octanol–water partition coefficient (Wildman–Crippen LogP) is 8.57. The zero-order chi connectivity index (χ0) is 32.1. The minimum Gasteiger partial charge on any atom is -0.461 e. The highest BCUT2D eigenvalue weighted by Gasteiger charge is 2.41. The first kappa shape index (κ1) is 33.5. The fraction of sp³-hybridized carbons (Fsp3) is 0.424. The van der Waals surface area contributed by atoms with Gasteiger partial charge in [0.25, 0.3) is 0 Å². The van der Waals surface area contributed by atoms with Gasteiger partial charge in [-0.1, -0.05) is 42.5 Å². The maximum Gasteiger partial charge on any atom is 0.416 e. The van der Waals surface area contributed by atoms with Gasteiger partial charge in [0.15, 0.2) is 0 Å². The van der Waals surface area contributed by atoms with Gasteiger partial charge in [0.1, 0.15) is 12.4 Å². The molecule has 44 heavy (non-hydrogen) atoms. The molecule has 3 aromatic carbocycles. The minimum atomic E-state index is -4.97. The van der Waals surface area contributed by atoms with Gasteiger partial charge in [-0.05, 0) is 79.8 Å². The number of esters is 1. The Bertz CT molecular complexity index is 1340. The van der Waals surface area contributed by atoms with Crippen molar-refractivity contribution in [3.8, 4) is 0 Å². The van der Waals surface area contributed by atoms with Crippen LogP contribution in [0.3, 0.4) is 0 Å². The van der Waals surface area contributed by atoms with Crippen LogP contribution in [0.2, 0.25) is 0 Å². The predicted molar refractivity (Wildman–Crippen MR) is 150 cm³/mol. The number of rotatable bonds is 11. The Hall–Kier alpha value is -3.44. The molecule has 0 radical (unpaired) electrons. The summed E-state index contributed by atoms with van der Waals surface area (Å²) >= 11 is 0. The molecule has 1 fully saturated rings. The van der Waals surface area contributed by atoms with E-state index in [2.05, 4.69) is 0 Å². The Kier molecular flexibility index (Phi) is 10.7. The number of carbonyl (C=O) groups excluding carboxylic acids is 1. The highest BCUT2D eigenvalue weighted by molar-refractivity contribution is 5.69. The van der Waals surface area contributed by atoms with Gasteiger partial charge in [0.05, 0.1) is 29.8 Å². The van der Waals surface area contributed by atoms with E-state index in [1.165, 1.54) is 19.1 Å². The van der Waals surface area contributed by atoms with E-state index in [1.807, 2.05) is 42.3 Å². The number of halogens is 7. The maximum atomic E-state index is 13.8. The second-order valence-corrected chi connectivity index (χ2v) is 11.2. The van der Waals surface area contributed by atoms with Gasteiger partial charge in [-0.15, -0.1) is 0 Å². The molecule has 4 atom stereocenters. The van der Waals surface area contributed by atoms with Crippen molar-refractivity contribution < 1.29 is 45.0 Å². The number of alkyl halides is 6. The minimum absolute atomic E-state index is 0.0322. The van der Waals surface area contributed by atoms with Crippen molar-refractivity contribution in [2.24, 2.45) is 5.92 Å². The molecular formula is C33H34F7NO3. The summed E-state index contributed by atoms with van der Waals surface area (Å²) in [6.45, 7) is 2.54. The number of benzene rings is 3. The molecule has 1 aliphatic carbocycles. The van der Waals surface area contributed by atoms with E-state index in [0.29, 0.717) is 38.1 Å². The Morgan fingerprint density at radius 3 is 2.11 bits per heavy atom. The van der Waals surface area contributed by atoms with Gasteiger partial charge < -0.3 is 14.4 Å². The van der Waals surface area contributed by atoms with Crippen LogP contribution in [-0.2, 0) is 33.2 Å². The van der Waals surface area contributed by atoms with Crippen molar-refractivity contribution in [3.05, 3.63) is 106 Å². The molecule has 3 aromatic rings. The molecule has 0 amide bonds. The Morgan fingerprint density at radius 2 is 1.52 bits per heavy atom. The molecule has 0 saturated heterocycles. The van der Waals surface area contributed by atoms with Crippen molar-refractivity contribution in [1.29, 1.82) is 0 Å². The van der Waals surface area contributed by atoms with Crippen LogP contribution in [0, 0.1) is 11.7 Å². The molecule has 238 valence electrons. The molecule has 0 aliphatic heterocycles. The molecule has 4 rings (SSSR count). The lowest BCUT2D eigenvalue weighted by atomic mass is 9.87. The Labute approximate surface area is 251 Å². The van der Waals surface area contributed by atoms with Gasteiger partial charge in [-0.25, -0.2) is 4.39 Å². The van der Waals surface area contributed by atoms with Crippen LogP contribution in [0.1, 0.15) is 66.0 Å². The van der Waals surface area contributed by atoms with Crippen LogP contribution in [0.4, 0.5) is 30.7 Å². The third kappa shape index (κ3) is 9.04. The molecule has 11 heteroatoms. The topological polar surface area (TPSA) is 38.8 Å². The van der Waals surface area contributed by atoms with E-state index in [-0.39, 0.29) is 42.5 Å². The standard InChI is InChI=1S/C33H34F7NO3/c1-21(25-16-26(32(35,36)37)18-27(17-25)33(38,39)40)44-29-13-10-24(31(29)23-8-11-28(34)12-9-23)19-41(2)15-14-30(42)43-20-22-6-4-3-5-7-22/h3-9,11-12,16-18,21,24,29,31H,10,13-15,19-20H2,1-2H3/t21-,24?,29?,31?/m0/s1. The number of hydrogen-bond donors (Lipinski definition) is 0. The van der Waals surface area contributed by atoms with Gasteiger partial charge in [-0.3, -0.25) is 4.79 Å². The van der Waals surface area contributed by atoms with Gasteiger partial charge in [0, 0.05) is 19.0 Å². The van der Waals surface area contributed by atoms with Crippen LogP contribution in [-0.4, -0.2) is 37.1 Å². The number of hydrogen-bond acceptors (Lipinski definition) is 4. The normalized spacial score (nSPS) is 19.7. The fourth-order valence-electron chi connectivity index (χ4n) is 5.71. The highest BCUT2D eigenvalue weighted by atomic mass is 19.4. The molecule has 1 aliphatic rings. The van der Waals surface area contributed by atoms with Crippen molar-refractivity contribution in [2.75, 3.05) is 20.1 Å². The van der Waals surface area contributed by atoms with Crippen LogP contribution in [0.25, 0.3) is 0 Å². The second-order valence-electron chi connectivity index (χ2n) is 11.2. The molecule has 0 bridgehead atoms. The summed E-state index contributed by atoms with van der Waals surface area (Å²) in [6, 6.07) is 16.6. The fourth-order valence-corrected chi connectivity index (χ4v) is 5.71. The molecule has 1 saturated carbocycles. The highest BCUT2D eigenvalue weighted by Crippen LogP contribution is 2.45. The van der Waals surface area contributed by atoms with Crippen molar-refractivity contribution in [1.82, 2.24) is 4.90 Å². The Balaban J connectivity index is 1.45. The van der Waals surface area contributed by atoms with Crippen molar-refractivity contribution in [3.63, 3.8) is 0 Å². The zero-order valence-corrected chi connectivity index (χ0v) is 24.3. The lowest BCUT2D eigenvalue weighted by Crippen LogP contribution is -2.32. The molecule has 0 N–H and O–H groups in total. The van der Waals surface area contributed by atoms with Crippen molar-refractivity contribution in [2.45, 2.75) is 63.3 Å². The number of nitrogens with zero attached hydrogens (tertiary/aromatic N) is 1. The summed E-state index contributed by atoms with van der Waals surface area (Å²) in [5.41, 5.74) is -1.41. The summed E-state index contributed by atoms with van der Waals surface area (Å²) in [4.78, 5) is 14.3. The van der Waals surface area contributed by atoms with E-state index in [0.717, 1.165) is 11.1 Å². The molecule has 0 heterocycles. The summed E-state index contributed by atoms with van der Waals surface area (Å²) in [5, 5.41) is 0. The third-order valence-electron chi connectivity index (χ3n) is 7.93. The first-order chi connectivity index (χ1) is 20.7. The Morgan fingerprint density at radius 1 is 0.909 bits per heavy atom. The SMILES string of the molecule is C[C@H](OC1CCC(CN(C)CCC(=O)OCc2ccccc2)C1c1ccc(F)cc1)c1cc(C(F)(F)F)cc(C(F)(F)F)c1. The van der Waals surface area contributed by atoms with E-state index in [9.17, 15) is 35.5 Å². The van der Waals surface area contributed by atoms with Crippen LogP contribution in [0.5, 0.6) is 0 Å². The van der Waals surface area contributed by atoms with E-state index < -0.39 is 41.5 Å². The summed E-state index contributed by atoms with van der Waals surface area (Å²) in [6.07, 6.45) is -10.3. The summed E-state index contributed by atoms with van der Waals surface area (Å²) < 4.78 is 106. The lowest BCUT2D eigenvalue weighted by Gasteiger charge is -2.30. The average Bonchev–Trinajstić information content (AvgIpc) is 3.36. The molecular weight excluding hydrogens is 591 g/mol. The van der Waals surface area contributed by atoms with Crippen LogP contribution >= 0.6 is 0 Å². The number of ether oxygens (including phenoxy) is 2. The van der Waals surface area contributed by atoms with E-state index in [4.69, 9.17) is 9.47 Å². The molecule has 4 nitrogen and oxygen atoms in total. The van der Waals surface area contributed by atoms with Gasteiger partial charge in [0.2, 0.25) is 0 Å². The van der Waals surface area contributed by atoms with Crippen LogP contribution in [0.15, 0.2) is 72.8 Å². The smallest absolute Gasteiger partial charge is 0.416 e. The first-order valence-electron chi connectivity index (χ1n) is 14.3. The second kappa shape index (κ2) is 14.1. The third-order valence-corrected chi connectivity index (χ3v) is 7.93. The summed E-state index contributed by atoms with van der Waals surface area (Å²) in [7, 11) is 1.85. The molecule has 0 spiro atoms.